The molecule has 4 rings (SSSR count). The number of fused-ring (bicyclic) bond motifs is 2. The molecule has 6 heteroatoms. The molecule has 1 fully saturated rings. The number of carbonyl (C=O) groups excluding carboxylic acids is 2. The van der Waals surface area contributed by atoms with Crippen molar-refractivity contribution in [3.05, 3.63) is 52.8 Å². The molecule has 0 spiro atoms. The summed E-state index contributed by atoms with van der Waals surface area (Å²) in [5.41, 5.74) is 5.65. The Morgan fingerprint density at radius 1 is 1.17 bits per heavy atom. The third-order valence-corrected chi connectivity index (χ3v) is 5.80. The van der Waals surface area contributed by atoms with E-state index in [0.29, 0.717) is 16.9 Å². The number of hydrogen-bond donors (Lipinski definition) is 1. The fourth-order valence-electron chi connectivity index (χ4n) is 4.04. The topological polar surface area (TPSA) is 61.8 Å². The minimum Gasteiger partial charge on any atom is -0.324 e. The molecule has 0 bridgehead atoms. The molecule has 0 unspecified atom stereocenters. The van der Waals surface area contributed by atoms with Crippen LogP contribution >= 0.6 is 0 Å². The van der Waals surface area contributed by atoms with E-state index < -0.39 is 0 Å². The van der Waals surface area contributed by atoms with Crippen molar-refractivity contribution in [2.24, 2.45) is 10.9 Å². The summed E-state index contributed by atoms with van der Waals surface area (Å²) in [6.45, 7) is 5.63. The van der Waals surface area contributed by atoms with Gasteiger partial charge in [0.2, 0.25) is 11.8 Å². The van der Waals surface area contributed by atoms with Crippen LogP contribution in [-0.2, 0) is 9.59 Å². The van der Waals surface area contributed by atoms with Crippen molar-refractivity contribution in [2.75, 3.05) is 16.8 Å². The Hall–Kier alpha value is -3.02. The summed E-state index contributed by atoms with van der Waals surface area (Å²) in [6.07, 6.45) is 2.51. The van der Waals surface area contributed by atoms with E-state index in [1.807, 2.05) is 26.0 Å². The predicted octanol–water partition coefficient (Wildman–Crippen LogP) is 4.61. The van der Waals surface area contributed by atoms with Crippen LogP contribution in [0.25, 0.3) is 0 Å². The summed E-state index contributed by atoms with van der Waals surface area (Å²) in [4.78, 5) is 32.5. The molecular weight excluding hydrogens is 369 g/mol. The van der Waals surface area contributed by atoms with Gasteiger partial charge in [-0.2, -0.15) is 0 Å². The molecule has 2 aromatic carbocycles. The molecule has 29 heavy (non-hydrogen) atoms. The monoisotopic (exact) mass is 393 g/mol. The zero-order valence-corrected chi connectivity index (χ0v) is 16.9. The maximum atomic E-state index is 13.3. The van der Waals surface area contributed by atoms with Gasteiger partial charge in [-0.25, -0.2) is 4.39 Å². The molecule has 2 amide bonds. The van der Waals surface area contributed by atoms with Crippen molar-refractivity contribution in [3.63, 3.8) is 0 Å². The molecule has 2 aliphatic rings. The lowest BCUT2D eigenvalue weighted by molar-refractivity contribution is -0.122. The number of benzene rings is 2. The van der Waals surface area contributed by atoms with Gasteiger partial charge in [0.25, 0.3) is 0 Å². The average Bonchev–Trinajstić information content (AvgIpc) is 3.09. The Morgan fingerprint density at radius 2 is 1.93 bits per heavy atom. The number of nitrogens with zero attached hydrogens (tertiary/aromatic N) is 2. The summed E-state index contributed by atoms with van der Waals surface area (Å²) in [7, 11) is 0. The molecule has 150 valence electrons. The van der Waals surface area contributed by atoms with Gasteiger partial charge in [0.1, 0.15) is 12.4 Å². The highest BCUT2D eigenvalue weighted by Crippen LogP contribution is 2.39. The summed E-state index contributed by atoms with van der Waals surface area (Å²) in [5, 5.41) is 2.81. The maximum Gasteiger partial charge on any atom is 0.244 e. The second kappa shape index (κ2) is 7.43. The van der Waals surface area contributed by atoms with E-state index in [2.05, 4.69) is 5.32 Å². The highest BCUT2D eigenvalue weighted by Gasteiger charge is 2.37. The summed E-state index contributed by atoms with van der Waals surface area (Å²) < 4.78 is 13.3. The van der Waals surface area contributed by atoms with Gasteiger partial charge in [0, 0.05) is 11.4 Å². The van der Waals surface area contributed by atoms with Crippen LogP contribution in [0.4, 0.5) is 21.5 Å². The highest BCUT2D eigenvalue weighted by atomic mass is 19.1. The second-order valence-electron chi connectivity index (χ2n) is 7.90. The smallest absolute Gasteiger partial charge is 0.244 e. The third-order valence-electron chi connectivity index (χ3n) is 5.80. The van der Waals surface area contributed by atoms with E-state index in [0.717, 1.165) is 41.8 Å². The number of nitrogens with one attached hydrogen (secondary N) is 1. The SMILES string of the molecule is Cc1cc2c(cc1C)N(CC(=O)Nc1ccc(F)cc1C)C(=O)[C@@H]1CCCC1=N2. The normalized spacial score (nSPS) is 18.1. The van der Waals surface area contributed by atoms with E-state index in [-0.39, 0.29) is 30.1 Å². The van der Waals surface area contributed by atoms with Gasteiger partial charge in [0.15, 0.2) is 0 Å². The number of amides is 2. The van der Waals surface area contributed by atoms with Crippen molar-refractivity contribution in [1.29, 1.82) is 0 Å². The zero-order valence-electron chi connectivity index (χ0n) is 16.9. The van der Waals surface area contributed by atoms with E-state index >= 15 is 0 Å². The van der Waals surface area contributed by atoms with Crippen LogP contribution in [0.15, 0.2) is 35.3 Å². The van der Waals surface area contributed by atoms with E-state index in [1.54, 1.807) is 11.8 Å². The Morgan fingerprint density at radius 3 is 2.69 bits per heavy atom. The van der Waals surface area contributed by atoms with Crippen molar-refractivity contribution in [1.82, 2.24) is 0 Å². The van der Waals surface area contributed by atoms with E-state index in [1.165, 1.54) is 18.2 Å². The molecule has 0 saturated heterocycles. The largest absolute Gasteiger partial charge is 0.324 e. The Bertz CT molecular complexity index is 1040. The molecule has 0 radical (unpaired) electrons. The lowest BCUT2D eigenvalue weighted by atomic mass is 10.0. The number of anilines is 2. The fraction of sp³-hybridized carbons (Fsp3) is 0.348. The minimum atomic E-state index is -0.353. The maximum absolute atomic E-state index is 13.3. The number of aryl methyl sites for hydroxylation is 3. The Kier molecular flexibility index (Phi) is 4.94. The first-order valence-electron chi connectivity index (χ1n) is 9.89. The lowest BCUT2D eigenvalue weighted by Gasteiger charge is -2.25. The van der Waals surface area contributed by atoms with Crippen LogP contribution in [0.2, 0.25) is 0 Å². The predicted molar refractivity (Wildman–Crippen MR) is 112 cm³/mol. The quantitative estimate of drug-likeness (QED) is 0.828. The number of aliphatic imine (C=N–C) groups is 1. The van der Waals surface area contributed by atoms with Gasteiger partial charge in [-0.3, -0.25) is 14.6 Å². The fourth-order valence-corrected chi connectivity index (χ4v) is 4.04. The van der Waals surface area contributed by atoms with Crippen molar-refractivity contribution >= 4 is 34.6 Å². The Labute approximate surface area is 169 Å². The molecule has 1 atom stereocenters. The number of halogens is 1. The van der Waals surface area contributed by atoms with Crippen LogP contribution < -0.4 is 10.2 Å². The van der Waals surface area contributed by atoms with Crippen molar-refractivity contribution < 1.29 is 14.0 Å². The molecule has 2 aromatic rings. The first-order valence-corrected chi connectivity index (χ1v) is 9.89. The summed E-state index contributed by atoms with van der Waals surface area (Å²) in [6, 6.07) is 8.13. The van der Waals surface area contributed by atoms with Crippen LogP contribution in [0.1, 0.15) is 36.0 Å². The molecular formula is C23H24FN3O2. The van der Waals surface area contributed by atoms with Crippen LogP contribution in [0.5, 0.6) is 0 Å². The first-order chi connectivity index (χ1) is 13.8. The average molecular weight is 393 g/mol. The van der Waals surface area contributed by atoms with Gasteiger partial charge in [-0.05, 0) is 87.1 Å². The molecule has 1 heterocycles. The molecule has 1 aliphatic carbocycles. The Balaban J connectivity index is 1.66. The van der Waals surface area contributed by atoms with Gasteiger partial charge >= 0.3 is 0 Å². The summed E-state index contributed by atoms with van der Waals surface area (Å²) >= 11 is 0. The van der Waals surface area contributed by atoms with Crippen LogP contribution in [-0.4, -0.2) is 24.1 Å². The number of carbonyl (C=O) groups is 2. The molecule has 0 aromatic heterocycles. The van der Waals surface area contributed by atoms with E-state index in [4.69, 9.17) is 4.99 Å². The van der Waals surface area contributed by atoms with Gasteiger partial charge < -0.3 is 10.2 Å². The van der Waals surface area contributed by atoms with Crippen molar-refractivity contribution in [2.45, 2.75) is 40.0 Å². The van der Waals surface area contributed by atoms with Crippen LogP contribution in [0, 0.1) is 32.5 Å². The number of hydrogen-bond acceptors (Lipinski definition) is 3. The molecule has 5 nitrogen and oxygen atoms in total. The van der Waals surface area contributed by atoms with Gasteiger partial charge in [0.05, 0.1) is 17.3 Å². The van der Waals surface area contributed by atoms with E-state index in [9.17, 15) is 14.0 Å². The van der Waals surface area contributed by atoms with Gasteiger partial charge in [-0.15, -0.1) is 0 Å². The van der Waals surface area contributed by atoms with Crippen molar-refractivity contribution in [3.8, 4) is 0 Å². The standard InChI is InChI=1S/C23H24FN3O2/c1-13-10-20-21(11-14(13)2)27(23(29)17-5-4-6-19(17)25-20)12-22(28)26-18-8-7-16(24)9-15(18)3/h7-11,17H,4-6,12H2,1-3H3,(H,26,28)/t17-/m1/s1. The second-order valence-corrected chi connectivity index (χ2v) is 7.90. The van der Waals surface area contributed by atoms with Crippen LogP contribution in [0.3, 0.4) is 0 Å². The third kappa shape index (κ3) is 3.67. The van der Waals surface area contributed by atoms with Gasteiger partial charge in [-0.1, -0.05) is 0 Å². The lowest BCUT2D eigenvalue weighted by Crippen LogP contribution is -2.42. The molecule has 1 saturated carbocycles. The highest BCUT2D eigenvalue weighted by molar-refractivity contribution is 6.17. The zero-order chi connectivity index (χ0) is 20.7. The molecule has 1 N–H and O–H groups in total. The minimum absolute atomic E-state index is 0.0748. The summed E-state index contributed by atoms with van der Waals surface area (Å²) in [5.74, 6) is -1.01. The molecule has 1 aliphatic heterocycles. The number of rotatable bonds is 3. The first kappa shape index (κ1) is 19.3.